The molecule has 1 aromatic heterocycles. The minimum Gasteiger partial charge on any atom is -0.395 e. The predicted octanol–water partition coefficient (Wildman–Crippen LogP) is -1.86. The number of carbonyl (C=O) groups is 1. The van der Waals surface area contributed by atoms with Crippen LogP contribution in [0.25, 0.3) is 0 Å². The zero-order chi connectivity index (χ0) is 12.8. The van der Waals surface area contributed by atoms with Gasteiger partial charge in [0.2, 0.25) is 0 Å². The van der Waals surface area contributed by atoms with Crippen molar-refractivity contribution >= 4 is 11.9 Å². The first-order valence-corrected chi connectivity index (χ1v) is 4.68. The van der Waals surface area contributed by atoms with E-state index in [1.54, 1.807) is 0 Å². The van der Waals surface area contributed by atoms with Gasteiger partial charge in [0.05, 0.1) is 13.2 Å². The number of hydrogen-bond donors (Lipinski definition) is 3. The van der Waals surface area contributed by atoms with Crippen LogP contribution in [0.5, 0.6) is 0 Å². The quantitative estimate of drug-likeness (QED) is 0.393. The maximum absolute atomic E-state index is 11.7. The molecule has 1 rings (SSSR count). The van der Waals surface area contributed by atoms with Crippen LogP contribution in [-0.2, 0) is 0 Å². The highest BCUT2D eigenvalue weighted by Crippen LogP contribution is 2.04. The number of nitro groups is 1. The summed E-state index contributed by atoms with van der Waals surface area (Å²) in [4.78, 5) is 25.7. The molecule has 17 heavy (non-hydrogen) atoms. The second-order valence-electron chi connectivity index (χ2n) is 2.98. The first-order chi connectivity index (χ1) is 8.10. The van der Waals surface area contributed by atoms with E-state index in [1.165, 1.54) is 0 Å². The highest BCUT2D eigenvalue weighted by molar-refractivity contribution is 5.90. The Morgan fingerprint density at radius 1 is 1.41 bits per heavy atom. The molecule has 94 valence electrons. The Labute approximate surface area is 95.0 Å². The van der Waals surface area contributed by atoms with Crippen LogP contribution in [0, 0.1) is 10.1 Å². The Morgan fingerprint density at radius 2 is 2.00 bits per heavy atom. The van der Waals surface area contributed by atoms with E-state index in [1.807, 2.05) is 5.10 Å². The maximum Gasteiger partial charge on any atom is 0.454 e. The summed E-state index contributed by atoms with van der Waals surface area (Å²) < 4.78 is 0. The largest absolute Gasteiger partial charge is 0.454 e. The van der Waals surface area contributed by atoms with Crippen LogP contribution in [-0.4, -0.2) is 67.4 Å². The van der Waals surface area contributed by atoms with E-state index >= 15 is 0 Å². The average molecular weight is 245 g/mol. The minimum atomic E-state index is -0.813. The van der Waals surface area contributed by atoms with Crippen LogP contribution in [0.15, 0.2) is 0 Å². The minimum absolute atomic E-state index is 0.0122. The molecule has 0 spiro atoms. The summed E-state index contributed by atoms with van der Waals surface area (Å²) in [5.74, 6) is -1.71. The van der Waals surface area contributed by atoms with Gasteiger partial charge in [0.25, 0.3) is 0 Å². The Balaban J connectivity index is 2.81. The van der Waals surface area contributed by atoms with Gasteiger partial charge in [-0.3, -0.25) is 4.79 Å². The van der Waals surface area contributed by atoms with Crippen molar-refractivity contribution in [2.45, 2.75) is 0 Å². The van der Waals surface area contributed by atoms with Gasteiger partial charge in [0.1, 0.15) is 0 Å². The smallest absolute Gasteiger partial charge is 0.395 e. The molecule has 0 aliphatic rings. The van der Waals surface area contributed by atoms with Gasteiger partial charge in [-0.2, -0.15) is 0 Å². The van der Waals surface area contributed by atoms with Gasteiger partial charge in [-0.25, -0.2) is 0 Å². The molecule has 0 unspecified atom stereocenters. The first kappa shape index (κ1) is 13.0. The monoisotopic (exact) mass is 245 g/mol. The topological polar surface area (TPSA) is 145 Å². The normalized spacial score (nSPS) is 10.2. The van der Waals surface area contributed by atoms with Crippen LogP contribution in [0.1, 0.15) is 10.6 Å². The lowest BCUT2D eigenvalue weighted by Gasteiger charge is -2.17. The Morgan fingerprint density at radius 3 is 2.41 bits per heavy atom. The van der Waals surface area contributed by atoms with E-state index < -0.39 is 16.8 Å². The summed E-state index contributed by atoms with van der Waals surface area (Å²) in [5, 5.41) is 33.1. The SMILES string of the molecule is O=C(c1n[nH]c([N+](=O)[O-])n1)N(CCO)CCO. The van der Waals surface area contributed by atoms with Crippen molar-refractivity contribution < 1.29 is 19.9 Å². The third-order valence-electron chi connectivity index (χ3n) is 1.86. The second kappa shape index (κ2) is 5.86. The highest BCUT2D eigenvalue weighted by Gasteiger charge is 2.25. The van der Waals surface area contributed by atoms with Crippen molar-refractivity contribution in [1.29, 1.82) is 0 Å². The molecule has 0 aliphatic carbocycles. The molecule has 10 nitrogen and oxygen atoms in total. The van der Waals surface area contributed by atoms with Gasteiger partial charge in [-0.1, -0.05) is 5.10 Å². The van der Waals surface area contributed by atoms with Crippen molar-refractivity contribution in [1.82, 2.24) is 20.1 Å². The average Bonchev–Trinajstić information content (AvgIpc) is 2.77. The fourth-order valence-corrected chi connectivity index (χ4v) is 1.13. The molecule has 1 amide bonds. The lowest BCUT2D eigenvalue weighted by molar-refractivity contribution is -0.394. The van der Waals surface area contributed by atoms with Crippen molar-refractivity contribution in [3.05, 3.63) is 15.9 Å². The van der Waals surface area contributed by atoms with Gasteiger partial charge >= 0.3 is 17.7 Å². The summed E-state index contributed by atoms with van der Waals surface area (Å²) in [6, 6.07) is 0. The van der Waals surface area contributed by atoms with Crippen LogP contribution in [0.2, 0.25) is 0 Å². The molecule has 0 aliphatic heterocycles. The van der Waals surface area contributed by atoms with Crippen LogP contribution in [0.3, 0.4) is 0 Å². The van der Waals surface area contributed by atoms with Crippen molar-refractivity contribution in [2.24, 2.45) is 0 Å². The van der Waals surface area contributed by atoms with E-state index in [0.717, 1.165) is 4.90 Å². The van der Waals surface area contributed by atoms with Crippen molar-refractivity contribution in [3.8, 4) is 0 Å². The van der Waals surface area contributed by atoms with Crippen molar-refractivity contribution in [2.75, 3.05) is 26.3 Å². The molecule has 1 aromatic rings. The standard InChI is InChI=1S/C7H11N5O5/c13-3-1-11(2-4-14)6(15)5-8-7(10-9-5)12(16)17/h13-14H,1-4H2,(H,8,9,10). The van der Waals surface area contributed by atoms with E-state index in [4.69, 9.17) is 10.2 Å². The molecule has 0 fully saturated rings. The van der Waals surface area contributed by atoms with Crippen LogP contribution >= 0.6 is 0 Å². The fraction of sp³-hybridized carbons (Fsp3) is 0.571. The third-order valence-corrected chi connectivity index (χ3v) is 1.86. The molecule has 0 saturated carbocycles. The molecule has 0 radical (unpaired) electrons. The number of H-pyrrole nitrogens is 1. The van der Waals surface area contributed by atoms with E-state index in [9.17, 15) is 14.9 Å². The molecule has 10 heteroatoms. The Hall–Kier alpha value is -2.07. The van der Waals surface area contributed by atoms with Gasteiger partial charge in [-0.05, 0) is 9.91 Å². The molecule has 0 atom stereocenters. The molecule has 3 N–H and O–H groups in total. The van der Waals surface area contributed by atoms with Gasteiger partial charge in [0.15, 0.2) is 0 Å². The summed E-state index contributed by atoms with van der Waals surface area (Å²) in [6.45, 7) is -0.611. The number of rotatable bonds is 6. The summed E-state index contributed by atoms with van der Waals surface area (Å²) in [6.07, 6.45) is 0. The maximum atomic E-state index is 11.7. The van der Waals surface area contributed by atoms with Crippen LogP contribution < -0.4 is 0 Å². The summed E-state index contributed by atoms with van der Waals surface area (Å²) >= 11 is 0. The summed E-state index contributed by atoms with van der Waals surface area (Å²) in [7, 11) is 0. The second-order valence-corrected chi connectivity index (χ2v) is 2.98. The number of carbonyl (C=O) groups excluding carboxylic acids is 1. The van der Waals surface area contributed by atoms with Gasteiger partial charge < -0.3 is 25.2 Å². The van der Waals surface area contributed by atoms with E-state index in [-0.39, 0.29) is 32.1 Å². The Kier molecular flexibility index (Phi) is 4.48. The molecular weight excluding hydrogens is 234 g/mol. The number of amides is 1. The lowest BCUT2D eigenvalue weighted by atomic mass is 10.4. The number of nitrogens with one attached hydrogen (secondary N) is 1. The van der Waals surface area contributed by atoms with Gasteiger partial charge in [-0.15, -0.1) is 5.10 Å². The van der Waals surface area contributed by atoms with E-state index in [2.05, 4.69) is 10.1 Å². The predicted molar refractivity (Wildman–Crippen MR) is 53.1 cm³/mol. The number of aliphatic hydroxyl groups is 2. The fourth-order valence-electron chi connectivity index (χ4n) is 1.13. The zero-order valence-electron chi connectivity index (χ0n) is 8.74. The molecule has 0 aromatic carbocycles. The lowest BCUT2D eigenvalue weighted by Crippen LogP contribution is -2.36. The zero-order valence-corrected chi connectivity index (χ0v) is 8.74. The molecule has 1 heterocycles. The number of hydrogen-bond acceptors (Lipinski definition) is 7. The first-order valence-electron chi connectivity index (χ1n) is 4.68. The van der Waals surface area contributed by atoms with E-state index in [0.29, 0.717) is 0 Å². The van der Waals surface area contributed by atoms with Crippen LogP contribution in [0.4, 0.5) is 5.95 Å². The number of nitrogens with zero attached hydrogens (tertiary/aromatic N) is 4. The summed E-state index contributed by atoms with van der Waals surface area (Å²) in [5.41, 5.74) is 0. The van der Waals surface area contributed by atoms with Gasteiger partial charge in [0, 0.05) is 13.1 Å². The molecule has 0 saturated heterocycles. The number of aromatic nitrogens is 3. The Bertz CT molecular complexity index is 399. The molecular formula is C7H11N5O5. The number of aromatic amines is 1. The highest BCUT2D eigenvalue weighted by atomic mass is 16.6. The van der Waals surface area contributed by atoms with Crippen molar-refractivity contribution in [3.63, 3.8) is 0 Å². The number of aliphatic hydroxyl groups excluding tert-OH is 2. The molecule has 0 bridgehead atoms. The third kappa shape index (κ3) is 3.19.